The van der Waals surface area contributed by atoms with E-state index in [1.807, 2.05) is 0 Å². The summed E-state index contributed by atoms with van der Waals surface area (Å²) in [7, 11) is 0. The number of rotatable bonds is 2. The molecule has 0 aromatic heterocycles. The molecule has 0 unspecified atom stereocenters. The molecule has 1 amide bonds. The van der Waals surface area contributed by atoms with Gasteiger partial charge in [-0.15, -0.1) is 0 Å². The van der Waals surface area contributed by atoms with E-state index >= 15 is 0 Å². The van der Waals surface area contributed by atoms with Crippen molar-refractivity contribution in [3.63, 3.8) is 0 Å². The Kier molecular flexibility index (Phi) is 2.95. The van der Waals surface area contributed by atoms with Gasteiger partial charge in [-0.3, -0.25) is 5.43 Å². The van der Waals surface area contributed by atoms with Crippen LogP contribution in [0.15, 0.2) is 0 Å². The molecular weight excluding hydrogens is 116 g/mol. The van der Waals surface area contributed by atoms with Gasteiger partial charge < -0.3 is 5.11 Å². The zero-order valence-electron chi connectivity index (χ0n) is 3.34. The second kappa shape index (κ2) is 3.35. The van der Waals surface area contributed by atoms with Gasteiger partial charge >= 0.3 is 6.09 Å². The van der Waals surface area contributed by atoms with Crippen molar-refractivity contribution in [1.82, 2.24) is 10.9 Å². The van der Waals surface area contributed by atoms with Crippen molar-refractivity contribution in [1.29, 1.82) is 0 Å². The van der Waals surface area contributed by atoms with E-state index in [9.17, 15) is 4.79 Å². The van der Waals surface area contributed by atoms with E-state index < -0.39 is 6.09 Å². The molecule has 0 saturated heterocycles. The fourth-order valence-electron chi connectivity index (χ4n) is 0.0912. The van der Waals surface area contributed by atoms with E-state index in [1.54, 1.807) is 5.43 Å². The van der Waals surface area contributed by atoms with Crippen LogP contribution in [0.3, 0.4) is 0 Å². The first kappa shape index (κ1) is 6.16. The van der Waals surface area contributed by atoms with Gasteiger partial charge in [-0.2, -0.15) is 0 Å². The maximum Gasteiger partial charge on any atom is 0.423 e. The summed E-state index contributed by atoms with van der Waals surface area (Å²) in [4.78, 5) is 9.52. The Morgan fingerprint density at radius 3 is 2.57 bits per heavy atom. The minimum atomic E-state index is -1.15. The van der Waals surface area contributed by atoms with Crippen molar-refractivity contribution in [3.8, 4) is 0 Å². The normalized spacial score (nSPS) is 6.86. The monoisotopic (exact) mass is 120 g/mol. The minimum absolute atomic E-state index is 1.06. The first-order valence-electron chi connectivity index (χ1n) is 1.45. The van der Waals surface area contributed by atoms with E-state index in [-0.39, 0.29) is 0 Å². The molecule has 7 heavy (non-hydrogen) atoms. The molecule has 0 aliphatic heterocycles. The van der Waals surface area contributed by atoms with E-state index in [4.69, 9.17) is 5.11 Å². The highest BCUT2D eigenvalue weighted by Gasteiger charge is 1.83. The summed E-state index contributed by atoms with van der Waals surface area (Å²) in [6.45, 7) is 0. The average molecular weight is 120 g/mol. The van der Waals surface area contributed by atoms with Gasteiger partial charge in [0.15, 0.2) is 0 Å². The van der Waals surface area contributed by atoms with Crippen LogP contribution < -0.4 is 10.9 Å². The Morgan fingerprint density at radius 2 is 2.43 bits per heavy atom. The van der Waals surface area contributed by atoms with Crippen molar-refractivity contribution in [2.24, 2.45) is 0 Å². The lowest BCUT2D eigenvalue weighted by Crippen LogP contribution is -2.34. The molecule has 0 fully saturated rings. The van der Waals surface area contributed by atoms with Crippen LogP contribution in [0.2, 0.25) is 0 Å². The maximum absolute atomic E-state index is 9.52. The molecule has 0 atom stereocenters. The third-order valence-corrected chi connectivity index (χ3v) is 0.356. The maximum atomic E-state index is 9.52. The number of carboxylic acid groups (broad SMARTS) is 1. The number of hydrogen-bond donors (Lipinski definition) is 3. The van der Waals surface area contributed by atoms with Crippen molar-refractivity contribution in [2.75, 3.05) is 0 Å². The van der Waals surface area contributed by atoms with Gasteiger partial charge in [0.05, 0.1) is 5.49 Å². The first-order chi connectivity index (χ1) is 3.27. The molecule has 0 spiro atoms. The molecule has 40 valence electrons. The molecule has 0 aromatic carbocycles. The summed E-state index contributed by atoms with van der Waals surface area (Å²) < 4.78 is 0. The van der Waals surface area contributed by atoms with Gasteiger partial charge in [0.2, 0.25) is 0 Å². The Labute approximate surface area is 45.5 Å². The third kappa shape index (κ3) is 5.16. The summed E-state index contributed by atoms with van der Waals surface area (Å²) in [6.07, 6.45) is -1.15. The molecule has 0 heterocycles. The fourth-order valence-corrected chi connectivity index (χ4v) is 0.150. The Morgan fingerprint density at radius 1 is 1.86 bits per heavy atom. The van der Waals surface area contributed by atoms with Gasteiger partial charge in [0.25, 0.3) is 0 Å². The van der Waals surface area contributed by atoms with Crippen molar-refractivity contribution >= 4 is 23.8 Å². The van der Waals surface area contributed by atoms with E-state index in [2.05, 4.69) is 17.6 Å². The lowest BCUT2D eigenvalue weighted by atomic mass is 11.2. The molecule has 0 aromatic rings. The number of hydrazine groups is 1. The lowest BCUT2D eigenvalue weighted by Gasteiger charge is -1.92. The molecule has 0 aliphatic rings. The van der Waals surface area contributed by atoms with Crippen molar-refractivity contribution in [2.45, 2.75) is 0 Å². The van der Waals surface area contributed by atoms with Crippen molar-refractivity contribution in [3.05, 3.63) is 0 Å². The van der Waals surface area contributed by atoms with Crippen LogP contribution in [0.1, 0.15) is 0 Å². The molecule has 5 heteroatoms. The van der Waals surface area contributed by atoms with Crippen LogP contribution in [-0.2, 0) is 0 Å². The lowest BCUT2D eigenvalue weighted by molar-refractivity contribution is 0.192. The van der Waals surface area contributed by atoms with Crippen LogP contribution in [0.5, 0.6) is 0 Å². The average Bonchev–Trinajstić information content (AvgIpc) is 1.61. The van der Waals surface area contributed by atoms with Crippen molar-refractivity contribution < 1.29 is 9.90 Å². The van der Waals surface area contributed by atoms with Crippen LogP contribution in [-0.4, -0.2) is 16.7 Å². The van der Waals surface area contributed by atoms with Gasteiger partial charge in [0.1, 0.15) is 0 Å². The van der Waals surface area contributed by atoms with E-state index in [1.165, 1.54) is 0 Å². The second-order valence-corrected chi connectivity index (χ2v) is 0.928. The highest BCUT2D eigenvalue weighted by Crippen LogP contribution is 1.49. The standard InChI is InChI=1S/C2H4N2O2S/c5-2(6)4-3-1-7/h1,4H,(H,3,7)(H,5,6). The molecule has 0 aliphatic carbocycles. The SMILES string of the molecule is O=C(O)NNC=S. The summed E-state index contributed by atoms with van der Waals surface area (Å²) in [5, 5.41) is 7.80. The molecular formula is C2H4N2O2S. The number of carbonyl (C=O) groups is 1. The molecule has 0 saturated carbocycles. The van der Waals surface area contributed by atoms with E-state index in [0.717, 1.165) is 5.49 Å². The molecule has 0 rings (SSSR count). The Bertz CT molecular complexity index is 83.8. The first-order valence-corrected chi connectivity index (χ1v) is 1.92. The largest absolute Gasteiger partial charge is 0.464 e. The highest BCUT2D eigenvalue weighted by atomic mass is 32.1. The molecule has 3 N–H and O–H groups in total. The number of thiocarbonyl (C=S) groups is 1. The quantitative estimate of drug-likeness (QED) is 0.346. The second-order valence-electron chi connectivity index (χ2n) is 0.692. The molecule has 0 radical (unpaired) electrons. The van der Waals surface area contributed by atoms with Gasteiger partial charge in [-0.25, -0.2) is 10.2 Å². The minimum Gasteiger partial charge on any atom is -0.464 e. The Hall–Kier alpha value is -0.840. The third-order valence-electron chi connectivity index (χ3n) is 0.238. The number of nitrogens with one attached hydrogen (secondary N) is 2. The fraction of sp³-hybridized carbons (Fsp3) is 0. The van der Waals surface area contributed by atoms with E-state index in [0.29, 0.717) is 0 Å². The number of amides is 1. The summed E-state index contributed by atoms with van der Waals surface area (Å²) >= 11 is 4.21. The predicted octanol–water partition coefficient (Wildman–Crippen LogP) is -0.284. The zero-order valence-corrected chi connectivity index (χ0v) is 4.16. The van der Waals surface area contributed by atoms with Crippen LogP contribution in [0, 0.1) is 0 Å². The number of hydrogen-bond acceptors (Lipinski definition) is 2. The molecule has 4 nitrogen and oxygen atoms in total. The topological polar surface area (TPSA) is 61.4 Å². The summed E-state index contributed by atoms with van der Waals surface area (Å²) in [5.41, 5.74) is 4.95. The molecule has 0 bridgehead atoms. The highest BCUT2D eigenvalue weighted by molar-refractivity contribution is 7.78. The van der Waals surface area contributed by atoms with Crippen LogP contribution in [0.4, 0.5) is 4.79 Å². The van der Waals surface area contributed by atoms with Gasteiger partial charge in [-0.1, -0.05) is 12.2 Å². The predicted molar refractivity (Wildman–Crippen MR) is 28.0 cm³/mol. The Balaban J connectivity index is 2.97. The van der Waals surface area contributed by atoms with Crippen LogP contribution >= 0.6 is 12.2 Å². The van der Waals surface area contributed by atoms with Gasteiger partial charge in [-0.05, 0) is 0 Å². The smallest absolute Gasteiger partial charge is 0.423 e. The van der Waals surface area contributed by atoms with Crippen LogP contribution in [0.25, 0.3) is 0 Å². The summed E-state index contributed by atoms with van der Waals surface area (Å²) in [6, 6.07) is 0. The zero-order chi connectivity index (χ0) is 5.70. The summed E-state index contributed by atoms with van der Waals surface area (Å²) in [5.74, 6) is 0. The van der Waals surface area contributed by atoms with Gasteiger partial charge in [0, 0.05) is 0 Å².